The van der Waals surface area contributed by atoms with Gasteiger partial charge in [0.15, 0.2) is 0 Å². The maximum atomic E-state index is 8.80. The van der Waals surface area contributed by atoms with Gasteiger partial charge in [0.1, 0.15) is 24.7 Å². The lowest BCUT2D eigenvalue weighted by Gasteiger charge is -2.09. The molecule has 2 rings (SSSR count). The van der Waals surface area contributed by atoms with Crippen LogP contribution in [0.3, 0.4) is 0 Å². The molecular formula is C17H17NO2. The third-order valence-corrected chi connectivity index (χ3v) is 3.06. The quantitative estimate of drug-likeness (QED) is 0.777. The second-order valence-electron chi connectivity index (χ2n) is 4.58. The molecule has 102 valence electrons. The molecule has 0 atom stereocenters. The van der Waals surface area contributed by atoms with Crippen molar-refractivity contribution in [2.45, 2.75) is 13.8 Å². The Morgan fingerprint density at radius 3 is 2.25 bits per heavy atom. The minimum atomic E-state index is 0.446. The van der Waals surface area contributed by atoms with Gasteiger partial charge in [0.05, 0.1) is 11.6 Å². The summed E-state index contributed by atoms with van der Waals surface area (Å²) >= 11 is 0. The Kier molecular flexibility index (Phi) is 4.62. The third-order valence-electron chi connectivity index (χ3n) is 3.06. The molecular weight excluding hydrogens is 250 g/mol. The monoisotopic (exact) mass is 267 g/mol. The zero-order valence-electron chi connectivity index (χ0n) is 11.7. The zero-order valence-corrected chi connectivity index (χ0v) is 11.7. The molecule has 3 heteroatoms. The van der Waals surface area contributed by atoms with Gasteiger partial charge in [-0.15, -0.1) is 0 Å². The highest BCUT2D eigenvalue weighted by Gasteiger charge is 1.99. The van der Waals surface area contributed by atoms with Crippen molar-refractivity contribution in [2.75, 3.05) is 13.2 Å². The number of nitriles is 1. The van der Waals surface area contributed by atoms with Crippen molar-refractivity contribution in [3.8, 4) is 17.6 Å². The summed E-state index contributed by atoms with van der Waals surface area (Å²) in [5, 5.41) is 8.80. The smallest absolute Gasteiger partial charge is 0.122 e. The van der Waals surface area contributed by atoms with E-state index in [9.17, 15) is 0 Å². The fourth-order valence-electron chi connectivity index (χ4n) is 1.78. The first-order valence-corrected chi connectivity index (χ1v) is 6.52. The molecule has 0 spiro atoms. The largest absolute Gasteiger partial charge is 0.490 e. The first-order valence-electron chi connectivity index (χ1n) is 6.52. The van der Waals surface area contributed by atoms with Crippen molar-refractivity contribution in [2.24, 2.45) is 0 Å². The van der Waals surface area contributed by atoms with E-state index in [-0.39, 0.29) is 0 Å². The van der Waals surface area contributed by atoms with Gasteiger partial charge in [0, 0.05) is 0 Å². The average molecular weight is 267 g/mol. The van der Waals surface area contributed by atoms with Crippen LogP contribution < -0.4 is 9.47 Å². The normalized spacial score (nSPS) is 9.85. The number of hydrogen-bond acceptors (Lipinski definition) is 3. The lowest BCUT2D eigenvalue weighted by atomic mass is 10.1. The van der Waals surface area contributed by atoms with Gasteiger partial charge in [-0.25, -0.2) is 0 Å². The van der Waals surface area contributed by atoms with Crippen LogP contribution in [0.2, 0.25) is 0 Å². The van der Waals surface area contributed by atoms with Gasteiger partial charge < -0.3 is 9.47 Å². The maximum absolute atomic E-state index is 8.80. The fraction of sp³-hybridized carbons (Fsp3) is 0.235. The van der Waals surface area contributed by atoms with E-state index in [4.69, 9.17) is 14.7 Å². The maximum Gasteiger partial charge on any atom is 0.122 e. The average Bonchev–Trinajstić information content (AvgIpc) is 2.47. The van der Waals surface area contributed by atoms with E-state index in [1.807, 2.05) is 24.3 Å². The summed E-state index contributed by atoms with van der Waals surface area (Å²) in [5.74, 6) is 1.54. The predicted octanol–water partition coefficient (Wildman–Crippen LogP) is 3.63. The number of aryl methyl sites for hydroxylation is 2. The van der Waals surface area contributed by atoms with Crippen LogP contribution in [0.4, 0.5) is 0 Å². The van der Waals surface area contributed by atoms with E-state index in [1.165, 1.54) is 11.1 Å². The van der Waals surface area contributed by atoms with E-state index >= 15 is 0 Å². The van der Waals surface area contributed by atoms with E-state index in [0.29, 0.717) is 24.5 Å². The van der Waals surface area contributed by atoms with Crippen molar-refractivity contribution >= 4 is 0 Å². The molecule has 0 heterocycles. The van der Waals surface area contributed by atoms with Crippen LogP contribution in [-0.2, 0) is 0 Å². The van der Waals surface area contributed by atoms with E-state index in [0.717, 1.165) is 5.75 Å². The Bertz CT molecular complexity index is 629. The topological polar surface area (TPSA) is 42.2 Å². The summed E-state index contributed by atoms with van der Waals surface area (Å²) < 4.78 is 11.2. The number of nitrogens with zero attached hydrogens (tertiary/aromatic N) is 1. The molecule has 2 aromatic carbocycles. The van der Waals surface area contributed by atoms with E-state index in [1.54, 1.807) is 18.2 Å². The summed E-state index contributed by atoms with van der Waals surface area (Å²) in [6.45, 7) is 5.05. The Labute approximate surface area is 119 Å². The van der Waals surface area contributed by atoms with Crippen LogP contribution in [0, 0.1) is 25.2 Å². The van der Waals surface area contributed by atoms with Crippen LogP contribution in [0.25, 0.3) is 0 Å². The van der Waals surface area contributed by atoms with Crippen molar-refractivity contribution in [1.82, 2.24) is 0 Å². The standard InChI is InChI=1S/C17H17NO2/c1-13-6-7-17(10-14(13)2)20-9-8-19-16-5-3-4-15(11-16)12-18/h3-7,10-11H,8-9H2,1-2H3. The van der Waals surface area contributed by atoms with Crippen LogP contribution in [0.15, 0.2) is 42.5 Å². The molecule has 0 radical (unpaired) electrons. The minimum absolute atomic E-state index is 0.446. The first-order chi connectivity index (χ1) is 9.69. The van der Waals surface area contributed by atoms with Gasteiger partial charge in [-0.2, -0.15) is 5.26 Å². The third kappa shape index (κ3) is 3.76. The fourth-order valence-corrected chi connectivity index (χ4v) is 1.78. The molecule has 0 unspecified atom stereocenters. The van der Waals surface area contributed by atoms with Crippen molar-refractivity contribution in [3.63, 3.8) is 0 Å². The molecule has 3 nitrogen and oxygen atoms in total. The minimum Gasteiger partial charge on any atom is -0.490 e. The van der Waals surface area contributed by atoms with E-state index in [2.05, 4.69) is 19.9 Å². The first kappa shape index (κ1) is 14.0. The molecule has 2 aromatic rings. The molecule has 20 heavy (non-hydrogen) atoms. The summed E-state index contributed by atoms with van der Waals surface area (Å²) in [5.41, 5.74) is 3.06. The highest BCUT2D eigenvalue weighted by atomic mass is 16.5. The second-order valence-corrected chi connectivity index (χ2v) is 4.58. The molecule has 0 aliphatic heterocycles. The molecule has 0 aromatic heterocycles. The molecule has 0 aliphatic carbocycles. The van der Waals surface area contributed by atoms with E-state index < -0.39 is 0 Å². The van der Waals surface area contributed by atoms with Crippen molar-refractivity contribution < 1.29 is 9.47 Å². The molecule has 0 amide bonds. The number of rotatable bonds is 5. The van der Waals surface area contributed by atoms with Gasteiger partial charge in [-0.3, -0.25) is 0 Å². The highest BCUT2D eigenvalue weighted by Crippen LogP contribution is 2.16. The SMILES string of the molecule is Cc1ccc(OCCOc2cccc(C#N)c2)cc1C. The number of benzene rings is 2. The van der Waals surface area contributed by atoms with Gasteiger partial charge in [-0.05, 0) is 55.3 Å². The summed E-state index contributed by atoms with van der Waals surface area (Å²) in [6, 6.07) is 15.2. The molecule has 0 saturated carbocycles. The van der Waals surface area contributed by atoms with Crippen LogP contribution >= 0.6 is 0 Å². The molecule has 0 fully saturated rings. The summed E-state index contributed by atoms with van der Waals surface area (Å²) in [7, 11) is 0. The Morgan fingerprint density at radius 2 is 1.60 bits per heavy atom. The second kappa shape index (κ2) is 6.63. The van der Waals surface area contributed by atoms with Gasteiger partial charge >= 0.3 is 0 Å². The molecule has 0 saturated heterocycles. The molecule has 0 aliphatic rings. The molecule has 0 bridgehead atoms. The Hall–Kier alpha value is -2.47. The predicted molar refractivity (Wildman–Crippen MR) is 78.1 cm³/mol. The Balaban J connectivity index is 1.81. The molecule has 0 N–H and O–H groups in total. The van der Waals surface area contributed by atoms with Gasteiger partial charge in [0.2, 0.25) is 0 Å². The van der Waals surface area contributed by atoms with Crippen LogP contribution in [-0.4, -0.2) is 13.2 Å². The summed E-state index contributed by atoms with van der Waals surface area (Å²) in [6.07, 6.45) is 0. The van der Waals surface area contributed by atoms with Gasteiger partial charge in [0.25, 0.3) is 0 Å². The van der Waals surface area contributed by atoms with Crippen LogP contribution in [0.5, 0.6) is 11.5 Å². The van der Waals surface area contributed by atoms with Crippen LogP contribution in [0.1, 0.15) is 16.7 Å². The number of hydrogen-bond donors (Lipinski definition) is 0. The van der Waals surface area contributed by atoms with Gasteiger partial charge in [-0.1, -0.05) is 12.1 Å². The van der Waals surface area contributed by atoms with Crippen molar-refractivity contribution in [1.29, 1.82) is 5.26 Å². The lowest BCUT2D eigenvalue weighted by molar-refractivity contribution is 0.217. The lowest BCUT2D eigenvalue weighted by Crippen LogP contribution is -2.09. The summed E-state index contributed by atoms with van der Waals surface area (Å²) in [4.78, 5) is 0. The highest BCUT2D eigenvalue weighted by molar-refractivity contribution is 5.36. The van der Waals surface area contributed by atoms with Crippen molar-refractivity contribution in [3.05, 3.63) is 59.2 Å². The Morgan fingerprint density at radius 1 is 0.900 bits per heavy atom. The zero-order chi connectivity index (χ0) is 14.4. The number of ether oxygens (including phenoxy) is 2.